The Morgan fingerprint density at radius 2 is 1.71 bits per heavy atom. The van der Waals surface area contributed by atoms with Crippen molar-refractivity contribution in [2.75, 3.05) is 19.5 Å². The quantitative estimate of drug-likeness (QED) is 0.454. The monoisotopic (exact) mass is 219 g/mol. The molecule has 84 valence electrons. The molecule has 0 spiro atoms. The molecule has 0 N–H and O–H groups in total. The van der Waals surface area contributed by atoms with Crippen LogP contribution in [0.5, 0.6) is 0 Å². The predicted molar refractivity (Wildman–Crippen MR) is 61.7 cm³/mol. The number of unbranched alkanes of at least 4 members (excludes halogenated alkanes) is 5. The number of hydrogen-bond donors (Lipinski definition) is 0. The average molecular weight is 220 g/mol. The molecule has 0 rings (SSSR count). The smallest absolute Gasteiger partial charge is 0.237 e. The minimum absolute atomic E-state index is 0.0280. The Kier molecular flexibility index (Phi) is 9.16. The van der Waals surface area contributed by atoms with Gasteiger partial charge in [-0.15, -0.1) is 11.6 Å². The van der Waals surface area contributed by atoms with E-state index in [1.165, 1.54) is 32.1 Å². The van der Waals surface area contributed by atoms with Crippen LogP contribution in [0.15, 0.2) is 0 Å². The van der Waals surface area contributed by atoms with Crippen molar-refractivity contribution in [3.05, 3.63) is 0 Å². The molecule has 14 heavy (non-hydrogen) atoms. The summed E-state index contributed by atoms with van der Waals surface area (Å²) < 4.78 is 0. The van der Waals surface area contributed by atoms with Gasteiger partial charge in [0, 0.05) is 13.6 Å². The van der Waals surface area contributed by atoms with Crippen LogP contribution in [0.25, 0.3) is 0 Å². The van der Waals surface area contributed by atoms with Crippen molar-refractivity contribution in [1.29, 1.82) is 0 Å². The molecule has 0 aromatic rings. The molecule has 0 aliphatic heterocycles. The number of amides is 1. The Hall–Kier alpha value is -0.240. The number of rotatable bonds is 8. The minimum Gasteiger partial charge on any atom is -0.345 e. The summed E-state index contributed by atoms with van der Waals surface area (Å²) in [5.74, 6) is 0.131. The first-order valence-corrected chi connectivity index (χ1v) is 6.05. The largest absolute Gasteiger partial charge is 0.345 e. The third kappa shape index (κ3) is 7.19. The Morgan fingerprint density at radius 3 is 2.29 bits per heavy atom. The summed E-state index contributed by atoms with van der Waals surface area (Å²) in [6.45, 7) is 3.06. The summed E-state index contributed by atoms with van der Waals surface area (Å²) in [6, 6.07) is 0. The molecule has 0 saturated carbocycles. The molecule has 0 bridgehead atoms. The van der Waals surface area contributed by atoms with Gasteiger partial charge in [0.25, 0.3) is 0 Å². The highest BCUT2D eigenvalue weighted by Gasteiger charge is 2.04. The van der Waals surface area contributed by atoms with Gasteiger partial charge in [0.1, 0.15) is 5.88 Å². The number of hydrogen-bond acceptors (Lipinski definition) is 1. The molecule has 0 atom stereocenters. The van der Waals surface area contributed by atoms with Crippen LogP contribution in [-0.4, -0.2) is 30.3 Å². The highest BCUT2D eigenvalue weighted by Crippen LogP contribution is 2.05. The molecule has 0 aliphatic carbocycles. The lowest BCUT2D eigenvalue weighted by atomic mass is 10.1. The Bertz CT molecular complexity index is 150. The van der Waals surface area contributed by atoms with Crippen LogP contribution in [0.4, 0.5) is 0 Å². The van der Waals surface area contributed by atoms with E-state index in [1.54, 1.807) is 4.90 Å². The zero-order valence-corrected chi connectivity index (χ0v) is 10.1. The lowest BCUT2D eigenvalue weighted by molar-refractivity contribution is -0.127. The molecule has 3 heteroatoms. The maximum atomic E-state index is 11.1. The van der Waals surface area contributed by atoms with Crippen LogP contribution in [0.2, 0.25) is 0 Å². The van der Waals surface area contributed by atoms with Crippen molar-refractivity contribution < 1.29 is 4.79 Å². The van der Waals surface area contributed by atoms with Gasteiger partial charge in [-0.1, -0.05) is 39.0 Å². The van der Waals surface area contributed by atoms with Crippen molar-refractivity contribution in [2.24, 2.45) is 0 Å². The van der Waals surface area contributed by atoms with E-state index in [0.29, 0.717) is 0 Å². The third-order valence-electron chi connectivity index (χ3n) is 2.39. The molecule has 2 nitrogen and oxygen atoms in total. The molecule has 0 aliphatic rings. The van der Waals surface area contributed by atoms with Crippen LogP contribution in [0.1, 0.15) is 45.4 Å². The summed E-state index contributed by atoms with van der Waals surface area (Å²) >= 11 is 5.44. The SMILES string of the molecule is CCCCCCCCN(C)C(=O)CCl. The van der Waals surface area contributed by atoms with Crippen molar-refractivity contribution in [1.82, 2.24) is 4.90 Å². The summed E-state index contributed by atoms with van der Waals surface area (Å²) in [5, 5.41) is 0. The van der Waals surface area contributed by atoms with Crippen LogP contribution >= 0.6 is 11.6 Å². The summed E-state index contributed by atoms with van der Waals surface area (Å²) in [4.78, 5) is 12.8. The molecule has 0 unspecified atom stereocenters. The molecule has 0 aromatic heterocycles. The van der Waals surface area contributed by atoms with Crippen LogP contribution in [-0.2, 0) is 4.79 Å². The first-order valence-electron chi connectivity index (χ1n) is 5.52. The first kappa shape index (κ1) is 13.8. The minimum atomic E-state index is 0.0280. The fourth-order valence-electron chi connectivity index (χ4n) is 1.36. The standard InChI is InChI=1S/C11H22ClNO/c1-3-4-5-6-7-8-9-13(2)11(14)10-12/h3-10H2,1-2H3. The van der Waals surface area contributed by atoms with Gasteiger partial charge >= 0.3 is 0 Å². The highest BCUT2D eigenvalue weighted by atomic mass is 35.5. The van der Waals surface area contributed by atoms with Crippen molar-refractivity contribution >= 4 is 17.5 Å². The van der Waals surface area contributed by atoms with Gasteiger partial charge in [0.15, 0.2) is 0 Å². The van der Waals surface area contributed by atoms with Crippen molar-refractivity contribution in [3.8, 4) is 0 Å². The normalized spacial score (nSPS) is 10.2. The van der Waals surface area contributed by atoms with E-state index < -0.39 is 0 Å². The lowest BCUT2D eigenvalue weighted by Crippen LogP contribution is -2.28. The maximum absolute atomic E-state index is 11.1. The third-order valence-corrected chi connectivity index (χ3v) is 2.62. The molecular weight excluding hydrogens is 198 g/mol. The van der Waals surface area contributed by atoms with Gasteiger partial charge in [-0.25, -0.2) is 0 Å². The van der Waals surface area contributed by atoms with Gasteiger partial charge in [-0.2, -0.15) is 0 Å². The molecule has 0 fully saturated rings. The topological polar surface area (TPSA) is 20.3 Å². The summed E-state index contributed by atoms with van der Waals surface area (Å²) in [5.41, 5.74) is 0. The molecule has 1 amide bonds. The van der Waals surface area contributed by atoms with E-state index in [2.05, 4.69) is 6.92 Å². The van der Waals surface area contributed by atoms with Crippen LogP contribution < -0.4 is 0 Å². The van der Waals surface area contributed by atoms with Gasteiger partial charge in [0.05, 0.1) is 0 Å². The van der Waals surface area contributed by atoms with Crippen LogP contribution in [0, 0.1) is 0 Å². The Labute approximate surface area is 92.6 Å². The van der Waals surface area contributed by atoms with Crippen molar-refractivity contribution in [3.63, 3.8) is 0 Å². The maximum Gasteiger partial charge on any atom is 0.237 e. The van der Waals surface area contributed by atoms with Gasteiger partial charge in [-0.3, -0.25) is 4.79 Å². The van der Waals surface area contributed by atoms with E-state index in [-0.39, 0.29) is 11.8 Å². The second-order valence-electron chi connectivity index (χ2n) is 3.72. The fourth-order valence-corrected chi connectivity index (χ4v) is 1.56. The second-order valence-corrected chi connectivity index (χ2v) is 3.98. The van der Waals surface area contributed by atoms with Gasteiger partial charge < -0.3 is 4.90 Å². The number of alkyl halides is 1. The van der Waals surface area contributed by atoms with E-state index in [4.69, 9.17) is 11.6 Å². The predicted octanol–water partition coefficient (Wildman–Crippen LogP) is 3.04. The Balaban J connectivity index is 3.23. The molecule has 0 radical (unpaired) electrons. The molecule has 0 heterocycles. The lowest BCUT2D eigenvalue weighted by Gasteiger charge is -2.15. The number of halogens is 1. The number of nitrogens with zero attached hydrogens (tertiary/aromatic N) is 1. The average Bonchev–Trinajstić information content (AvgIpc) is 2.21. The first-order chi connectivity index (χ1) is 6.72. The van der Waals surface area contributed by atoms with E-state index in [0.717, 1.165) is 13.0 Å². The van der Waals surface area contributed by atoms with Crippen LogP contribution in [0.3, 0.4) is 0 Å². The zero-order valence-electron chi connectivity index (χ0n) is 9.39. The summed E-state index contributed by atoms with van der Waals surface area (Å²) in [6.07, 6.45) is 7.55. The van der Waals surface area contributed by atoms with E-state index >= 15 is 0 Å². The Morgan fingerprint density at radius 1 is 1.14 bits per heavy atom. The van der Waals surface area contributed by atoms with Gasteiger partial charge in [-0.05, 0) is 6.42 Å². The van der Waals surface area contributed by atoms with E-state index in [1.807, 2.05) is 7.05 Å². The summed E-state index contributed by atoms with van der Waals surface area (Å²) in [7, 11) is 1.82. The zero-order chi connectivity index (χ0) is 10.8. The second kappa shape index (κ2) is 9.32. The number of carbonyl (C=O) groups is 1. The molecule has 0 saturated heterocycles. The van der Waals surface area contributed by atoms with E-state index in [9.17, 15) is 4.79 Å². The van der Waals surface area contributed by atoms with Gasteiger partial charge in [0.2, 0.25) is 5.91 Å². The molecule has 0 aromatic carbocycles. The highest BCUT2D eigenvalue weighted by molar-refractivity contribution is 6.27. The molecular formula is C11H22ClNO. The fraction of sp³-hybridized carbons (Fsp3) is 0.909. The number of carbonyl (C=O) groups excluding carboxylic acids is 1. The van der Waals surface area contributed by atoms with Crippen molar-refractivity contribution in [2.45, 2.75) is 45.4 Å².